The molecule has 3 aromatic rings. The summed E-state index contributed by atoms with van der Waals surface area (Å²) in [7, 11) is 3.22. The van der Waals surface area contributed by atoms with Gasteiger partial charge >= 0.3 is 0 Å². The maximum absolute atomic E-state index is 13.4. The molecule has 1 aliphatic rings. The predicted octanol–water partition coefficient (Wildman–Crippen LogP) is 3.42. The number of aromatic nitrogens is 2. The predicted molar refractivity (Wildman–Crippen MR) is 126 cm³/mol. The maximum atomic E-state index is 13.4. The largest absolute Gasteiger partial charge is 0.497 e. The van der Waals surface area contributed by atoms with Crippen molar-refractivity contribution >= 4 is 11.7 Å². The molecule has 0 aliphatic carbocycles. The van der Waals surface area contributed by atoms with E-state index in [4.69, 9.17) is 14.2 Å². The molecule has 1 saturated heterocycles. The van der Waals surface area contributed by atoms with E-state index in [0.29, 0.717) is 49.1 Å². The van der Waals surface area contributed by atoms with Crippen LogP contribution in [0.1, 0.15) is 6.92 Å². The molecule has 0 N–H and O–H groups in total. The number of rotatable bonds is 7. The van der Waals surface area contributed by atoms with E-state index in [-0.39, 0.29) is 5.91 Å². The molecular formula is C25H27FN4O4. The van der Waals surface area contributed by atoms with E-state index in [1.54, 1.807) is 38.2 Å². The Morgan fingerprint density at radius 1 is 0.941 bits per heavy atom. The smallest absolute Gasteiger partial charge is 0.263 e. The summed E-state index contributed by atoms with van der Waals surface area (Å²) in [5.41, 5.74) is 1.47. The summed E-state index contributed by atoms with van der Waals surface area (Å²) in [4.78, 5) is 16.6. The third-order valence-corrected chi connectivity index (χ3v) is 5.71. The van der Waals surface area contributed by atoms with Gasteiger partial charge in [-0.25, -0.2) is 4.39 Å². The zero-order valence-corrected chi connectivity index (χ0v) is 19.4. The van der Waals surface area contributed by atoms with Gasteiger partial charge in [0.2, 0.25) is 0 Å². The number of halogens is 1. The molecule has 0 spiro atoms. The summed E-state index contributed by atoms with van der Waals surface area (Å²) >= 11 is 0. The Balaban J connectivity index is 1.36. The molecule has 9 heteroatoms. The number of hydrogen-bond donors (Lipinski definition) is 0. The topological polar surface area (TPSA) is 77.0 Å². The molecule has 2 heterocycles. The molecule has 1 amide bonds. The normalized spacial score (nSPS) is 14.5. The number of amides is 1. The second kappa shape index (κ2) is 10.4. The van der Waals surface area contributed by atoms with Crippen molar-refractivity contribution in [3.05, 3.63) is 60.4 Å². The lowest BCUT2D eigenvalue weighted by atomic mass is 10.1. The molecule has 1 atom stereocenters. The number of carbonyl (C=O) groups is 1. The number of benzene rings is 2. The van der Waals surface area contributed by atoms with Crippen LogP contribution in [0.25, 0.3) is 11.3 Å². The molecule has 4 rings (SSSR count). The zero-order valence-electron chi connectivity index (χ0n) is 19.4. The van der Waals surface area contributed by atoms with Crippen LogP contribution in [-0.4, -0.2) is 67.5 Å². The van der Waals surface area contributed by atoms with Crippen molar-refractivity contribution < 1.29 is 23.4 Å². The maximum Gasteiger partial charge on any atom is 0.263 e. The van der Waals surface area contributed by atoms with Crippen molar-refractivity contribution in [2.75, 3.05) is 45.3 Å². The zero-order chi connectivity index (χ0) is 24.1. The van der Waals surface area contributed by atoms with E-state index in [2.05, 4.69) is 15.1 Å². The lowest BCUT2D eigenvalue weighted by molar-refractivity contribution is -0.138. The molecule has 0 saturated carbocycles. The Morgan fingerprint density at radius 2 is 1.74 bits per heavy atom. The summed E-state index contributed by atoms with van der Waals surface area (Å²) in [6.45, 7) is 3.98. The summed E-state index contributed by atoms with van der Waals surface area (Å²) in [6.07, 6.45) is -0.703. The van der Waals surface area contributed by atoms with Crippen LogP contribution < -0.4 is 19.1 Å². The van der Waals surface area contributed by atoms with Gasteiger partial charge in [-0.15, -0.1) is 10.2 Å². The van der Waals surface area contributed by atoms with E-state index in [0.717, 1.165) is 11.4 Å². The standard InChI is InChI=1S/C25H27FN4O4/c1-17(34-20-6-4-5-18(26)15-20)25(31)30-13-11-29(12-14-30)24-10-8-22(27-28-24)21-16-19(32-2)7-9-23(21)33-3/h4-10,15-17H,11-14H2,1-3H3. The fourth-order valence-electron chi connectivity index (χ4n) is 3.86. The lowest BCUT2D eigenvalue weighted by Crippen LogP contribution is -2.52. The molecule has 1 aromatic heterocycles. The highest BCUT2D eigenvalue weighted by Crippen LogP contribution is 2.32. The van der Waals surface area contributed by atoms with Crippen LogP contribution in [0.5, 0.6) is 17.2 Å². The molecule has 2 aromatic carbocycles. The molecule has 1 aliphatic heterocycles. The summed E-state index contributed by atoms with van der Waals surface area (Å²) < 4.78 is 29.7. The number of hydrogen-bond acceptors (Lipinski definition) is 7. The van der Waals surface area contributed by atoms with E-state index in [1.165, 1.54) is 12.1 Å². The second-order valence-corrected chi connectivity index (χ2v) is 7.87. The van der Waals surface area contributed by atoms with E-state index in [1.807, 2.05) is 30.3 Å². The average Bonchev–Trinajstić information content (AvgIpc) is 2.88. The Kier molecular flexibility index (Phi) is 7.10. The first-order valence-corrected chi connectivity index (χ1v) is 11.0. The van der Waals surface area contributed by atoms with Gasteiger partial charge in [0.25, 0.3) is 5.91 Å². The highest BCUT2D eigenvalue weighted by Gasteiger charge is 2.27. The number of carbonyl (C=O) groups excluding carboxylic acids is 1. The fourth-order valence-corrected chi connectivity index (χ4v) is 3.86. The highest BCUT2D eigenvalue weighted by atomic mass is 19.1. The third kappa shape index (κ3) is 5.19. The summed E-state index contributed by atoms with van der Waals surface area (Å²) in [5, 5.41) is 8.78. The van der Waals surface area contributed by atoms with E-state index < -0.39 is 11.9 Å². The molecule has 1 unspecified atom stereocenters. The molecule has 0 bridgehead atoms. The van der Waals surface area contributed by atoms with Crippen molar-refractivity contribution in [1.82, 2.24) is 15.1 Å². The highest BCUT2D eigenvalue weighted by molar-refractivity contribution is 5.81. The number of anilines is 1. The first-order chi connectivity index (χ1) is 16.5. The molecule has 34 heavy (non-hydrogen) atoms. The number of nitrogens with zero attached hydrogens (tertiary/aromatic N) is 4. The Labute approximate surface area is 197 Å². The second-order valence-electron chi connectivity index (χ2n) is 7.87. The van der Waals surface area contributed by atoms with Gasteiger partial charge in [0.15, 0.2) is 11.9 Å². The molecule has 178 valence electrons. The lowest BCUT2D eigenvalue weighted by Gasteiger charge is -2.36. The molecule has 1 fully saturated rings. The van der Waals surface area contributed by atoms with Crippen LogP contribution in [0.3, 0.4) is 0 Å². The van der Waals surface area contributed by atoms with Crippen LogP contribution in [0.4, 0.5) is 10.2 Å². The Morgan fingerprint density at radius 3 is 2.38 bits per heavy atom. The van der Waals surface area contributed by atoms with Crippen molar-refractivity contribution in [3.63, 3.8) is 0 Å². The van der Waals surface area contributed by atoms with Gasteiger partial charge in [-0.05, 0) is 49.4 Å². The minimum atomic E-state index is -0.703. The quantitative estimate of drug-likeness (QED) is 0.528. The van der Waals surface area contributed by atoms with Crippen molar-refractivity contribution in [3.8, 4) is 28.5 Å². The third-order valence-electron chi connectivity index (χ3n) is 5.71. The van der Waals surface area contributed by atoms with Crippen LogP contribution in [0.15, 0.2) is 54.6 Å². The minimum absolute atomic E-state index is 0.129. The van der Waals surface area contributed by atoms with Crippen LogP contribution in [-0.2, 0) is 4.79 Å². The van der Waals surface area contributed by atoms with Crippen LogP contribution >= 0.6 is 0 Å². The first-order valence-electron chi connectivity index (χ1n) is 11.0. The average molecular weight is 467 g/mol. The molecule has 8 nitrogen and oxygen atoms in total. The molecule has 0 radical (unpaired) electrons. The van der Waals surface area contributed by atoms with Gasteiger partial charge in [-0.3, -0.25) is 4.79 Å². The minimum Gasteiger partial charge on any atom is -0.497 e. The van der Waals surface area contributed by atoms with Crippen molar-refractivity contribution in [2.24, 2.45) is 0 Å². The monoisotopic (exact) mass is 466 g/mol. The first kappa shape index (κ1) is 23.3. The van der Waals surface area contributed by atoms with Gasteiger partial charge in [-0.2, -0.15) is 0 Å². The number of methoxy groups -OCH3 is 2. The van der Waals surface area contributed by atoms with E-state index >= 15 is 0 Å². The van der Waals surface area contributed by atoms with Crippen molar-refractivity contribution in [2.45, 2.75) is 13.0 Å². The van der Waals surface area contributed by atoms with Gasteiger partial charge in [0.1, 0.15) is 23.1 Å². The number of ether oxygens (including phenoxy) is 3. The Bertz CT molecular complexity index is 1130. The van der Waals surface area contributed by atoms with Crippen molar-refractivity contribution in [1.29, 1.82) is 0 Å². The van der Waals surface area contributed by atoms with Crippen LogP contribution in [0.2, 0.25) is 0 Å². The van der Waals surface area contributed by atoms with Gasteiger partial charge in [0.05, 0.1) is 19.9 Å². The molecular weight excluding hydrogens is 439 g/mol. The summed E-state index contributed by atoms with van der Waals surface area (Å²) in [6, 6.07) is 15.1. The fraction of sp³-hybridized carbons (Fsp3) is 0.320. The Hall–Kier alpha value is -3.88. The van der Waals surface area contributed by atoms with Gasteiger partial charge < -0.3 is 24.0 Å². The SMILES string of the molecule is COc1ccc(OC)c(-c2ccc(N3CCN(C(=O)C(C)Oc4cccc(F)c4)CC3)nn2)c1. The van der Waals surface area contributed by atoms with Crippen LogP contribution in [0, 0.1) is 5.82 Å². The van der Waals surface area contributed by atoms with E-state index in [9.17, 15) is 9.18 Å². The number of piperazine rings is 1. The van der Waals surface area contributed by atoms with Gasteiger partial charge in [0, 0.05) is 37.8 Å². The van der Waals surface area contributed by atoms with Gasteiger partial charge in [-0.1, -0.05) is 6.07 Å². The summed E-state index contributed by atoms with van der Waals surface area (Å²) in [5.74, 6) is 1.94.